The third-order valence-corrected chi connectivity index (χ3v) is 5.44. The first-order valence-electron chi connectivity index (χ1n) is 9.23. The molecule has 0 amide bonds. The minimum Gasteiger partial charge on any atom is -0.445 e. The van der Waals surface area contributed by atoms with Gasteiger partial charge in [-0.2, -0.15) is 5.26 Å². The van der Waals surface area contributed by atoms with E-state index < -0.39 is 6.10 Å². The van der Waals surface area contributed by atoms with E-state index in [-0.39, 0.29) is 11.8 Å². The summed E-state index contributed by atoms with van der Waals surface area (Å²) in [6.45, 7) is 0. The molecule has 3 atom stereocenters. The first kappa shape index (κ1) is 17.4. The lowest BCUT2D eigenvalue weighted by molar-refractivity contribution is 0.137. The number of aliphatic hydroxyl groups excluding tert-OH is 1. The lowest BCUT2D eigenvalue weighted by atomic mass is 9.73. The van der Waals surface area contributed by atoms with Crippen molar-refractivity contribution in [2.45, 2.75) is 30.8 Å². The van der Waals surface area contributed by atoms with Gasteiger partial charge in [0.25, 0.3) is 0 Å². The number of hydrogen-bond donors (Lipinski definition) is 2. The van der Waals surface area contributed by atoms with Crippen LogP contribution in [0.5, 0.6) is 0 Å². The van der Waals surface area contributed by atoms with E-state index in [1.165, 1.54) is 5.56 Å². The van der Waals surface area contributed by atoms with Gasteiger partial charge >= 0.3 is 0 Å². The highest BCUT2D eigenvalue weighted by molar-refractivity contribution is 5.51. The van der Waals surface area contributed by atoms with Crippen molar-refractivity contribution in [3.63, 3.8) is 0 Å². The zero-order valence-electron chi connectivity index (χ0n) is 15.2. The van der Waals surface area contributed by atoms with Gasteiger partial charge in [-0.25, -0.2) is 0 Å². The van der Waals surface area contributed by atoms with Crippen molar-refractivity contribution in [1.29, 1.82) is 5.26 Å². The van der Waals surface area contributed by atoms with Crippen molar-refractivity contribution in [2.24, 2.45) is 0 Å². The maximum absolute atomic E-state index is 11.0. The van der Waals surface area contributed by atoms with Crippen molar-refractivity contribution >= 4 is 0 Å². The Bertz CT molecular complexity index is 926. The number of nitriles is 1. The van der Waals surface area contributed by atoms with E-state index >= 15 is 0 Å². The molecule has 1 aliphatic heterocycles. The van der Waals surface area contributed by atoms with Gasteiger partial charge in [0.05, 0.1) is 12.0 Å². The summed E-state index contributed by atoms with van der Waals surface area (Å²) < 4.78 is 6.08. The van der Waals surface area contributed by atoms with Gasteiger partial charge in [-0.3, -0.25) is 0 Å². The van der Waals surface area contributed by atoms with Crippen molar-refractivity contribution in [3.8, 4) is 6.07 Å². The Kier molecular flexibility index (Phi) is 4.70. The van der Waals surface area contributed by atoms with Crippen LogP contribution in [0.3, 0.4) is 0 Å². The third-order valence-electron chi connectivity index (χ3n) is 5.44. The number of aliphatic hydroxyl groups is 1. The summed E-state index contributed by atoms with van der Waals surface area (Å²) in [5.41, 5.74) is 3.53. The van der Waals surface area contributed by atoms with E-state index in [4.69, 9.17) is 4.74 Å². The Morgan fingerprint density at radius 1 is 1.04 bits per heavy atom. The highest BCUT2D eigenvalue weighted by Gasteiger charge is 2.41. The lowest BCUT2D eigenvalue weighted by Gasteiger charge is -2.38. The molecule has 0 saturated carbocycles. The summed E-state index contributed by atoms with van der Waals surface area (Å²) in [5, 5.41) is 23.9. The lowest BCUT2D eigenvalue weighted by Crippen LogP contribution is -2.33. The number of ether oxygens (including phenoxy) is 1. The Morgan fingerprint density at radius 2 is 1.67 bits per heavy atom. The summed E-state index contributed by atoms with van der Waals surface area (Å²) in [7, 11) is 1.76. The number of rotatable bonds is 3. The van der Waals surface area contributed by atoms with E-state index in [0.717, 1.165) is 16.9 Å². The first-order chi connectivity index (χ1) is 13.2. The Morgan fingerprint density at radius 3 is 2.26 bits per heavy atom. The largest absolute Gasteiger partial charge is 0.445 e. The molecule has 4 rings (SSSR count). The Hall–Kier alpha value is -3.03. The van der Waals surface area contributed by atoms with Gasteiger partial charge in [-0.1, -0.05) is 60.7 Å². The minimum atomic E-state index is -0.647. The van der Waals surface area contributed by atoms with Crippen LogP contribution >= 0.6 is 0 Å². The molecule has 136 valence electrons. The molecule has 0 saturated heterocycles. The highest BCUT2D eigenvalue weighted by Crippen LogP contribution is 2.48. The molecule has 4 nitrogen and oxygen atoms in total. The molecule has 0 aromatic heterocycles. The van der Waals surface area contributed by atoms with Crippen molar-refractivity contribution in [2.75, 3.05) is 7.05 Å². The van der Waals surface area contributed by atoms with Gasteiger partial charge in [0.1, 0.15) is 17.4 Å². The second-order valence-electron chi connectivity index (χ2n) is 6.99. The van der Waals surface area contributed by atoms with Crippen molar-refractivity contribution in [3.05, 3.63) is 94.6 Å². The monoisotopic (exact) mass is 358 g/mol. The number of nitrogens with zero attached hydrogens (tertiary/aromatic N) is 1. The molecular weight excluding hydrogens is 336 g/mol. The average molecular weight is 358 g/mol. The molecule has 2 aromatic rings. The zero-order valence-corrected chi connectivity index (χ0v) is 15.2. The summed E-state index contributed by atoms with van der Waals surface area (Å²) in [5.74, 6) is 1.16. The predicted molar refractivity (Wildman–Crippen MR) is 103 cm³/mol. The highest BCUT2D eigenvalue weighted by atomic mass is 16.5. The second kappa shape index (κ2) is 7.30. The number of allylic oxidation sites excluding steroid dienone is 2. The van der Waals surface area contributed by atoms with Gasteiger partial charge in [0.15, 0.2) is 0 Å². The van der Waals surface area contributed by atoms with Crippen LogP contribution in [-0.2, 0) is 4.74 Å². The fourth-order valence-corrected chi connectivity index (χ4v) is 4.20. The van der Waals surface area contributed by atoms with E-state index in [1.807, 2.05) is 48.5 Å². The molecule has 1 heterocycles. The molecule has 1 aliphatic carbocycles. The van der Waals surface area contributed by atoms with Crippen LogP contribution in [0.15, 0.2) is 83.5 Å². The van der Waals surface area contributed by atoms with Crippen LogP contribution in [0, 0.1) is 11.3 Å². The summed E-state index contributed by atoms with van der Waals surface area (Å²) in [4.78, 5) is 0. The van der Waals surface area contributed by atoms with Gasteiger partial charge in [0.2, 0.25) is 5.88 Å². The third kappa shape index (κ3) is 3.11. The summed E-state index contributed by atoms with van der Waals surface area (Å²) in [6.07, 6.45) is 0.693. The van der Waals surface area contributed by atoms with Crippen LogP contribution in [-0.4, -0.2) is 18.3 Å². The summed E-state index contributed by atoms with van der Waals surface area (Å²) >= 11 is 0. The van der Waals surface area contributed by atoms with Crippen LogP contribution < -0.4 is 5.32 Å². The molecule has 0 radical (unpaired) electrons. The van der Waals surface area contributed by atoms with Gasteiger partial charge in [0, 0.05) is 19.0 Å². The van der Waals surface area contributed by atoms with Gasteiger partial charge in [-0.05, 0) is 23.5 Å². The number of hydrogen-bond acceptors (Lipinski definition) is 4. The molecule has 0 bridgehead atoms. The van der Waals surface area contributed by atoms with Crippen molar-refractivity contribution < 1.29 is 9.84 Å². The fraction of sp³-hybridized carbons (Fsp3) is 0.261. The summed E-state index contributed by atoms with van der Waals surface area (Å²) in [6, 6.07) is 22.4. The van der Waals surface area contributed by atoms with Crippen LogP contribution in [0.1, 0.15) is 35.8 Å². The topological polar surface area (TPSA) is 65.3 Å². The molecule has 2 aliphatic rings. The number of benzene rings is 2. The van der Waals surface area contributed by atoms with Crippen LogP contribution in [0.2, 0.25) is 0 Å². The predicted octanol–water partition coefficient (Wildman–Crippen LogP) is 3.95. The zero-order chi connectivity index (χ0) is 18.8. The maximum atomic E-state index is 11.0. The molecule has 0 fully saturated rings. The molecule has 2 aromatic carbocycles. The van der Waals surface area contributed by atoms with Gasteiger partial charge < -0.3 is 15.2 Å². The average Bonchev–Trinajstić information content (AvgIpc) is 2.73. The normalized spacial score (nSPS) is 24.7. The quantitative estimate of drug-likeness (QED) is 0.872. The Labute approximate surface area is 159 Å². The van der Waals surface area contributed by atoms with E-state index in [2.05, 4.69) is 23.5 Å². The molecule has 4 heteroatoms. The molecular formula is C23H22N2O2. The molecule has 27 heavy (non-hydrogen) atoms. The minimum absolute atomic E-state index is 0.193. The number of nitrogens with one attached hydrogen (secondary N) is 1. The molecule has 0 spiro atoms. The standard InChI is InChI=1S/C23H22N2O2/c1-25-23-18(14-24)21(16-10-6-3-7-11-16)22-19(26)12-17(13-20(22)27-23)15-8-4-2-5-9-15/h2-11,17,19,21,25-26H,12-13H2,1H3. The Balaban J connectivity index is 1.79. The van der Waals surface area contributed by atoms with Crippen LogP contribution in [0.25, 0.3) is 0 Å². The van der Waals surface area contributed by atoms with E-state index in [0.29, 0.717) is 24.3 Å². The van der Waals surface area contributed by atoms with Crippen LogP contribution in [0.4, 0.5) is 0 Å². The molecule has 2 N–H and O–H groups in total. The van der Waals surface area contributed by atoms with E-state index in [9.17, 15) is 10.4 Å². The smallest absolute Gasteiger partial charge is 0.207 e. The molecule has 3 unspecified atom stereocenters. The maximum Gasteiger partial charge on any atom is 0.207 e. The van der Waals surface area contributed by atoms with Crippen molar-refractivity contribution in [1.82, 2.24) is 5.32 Å². The first-order valence-corrected chi connectivity index (χ1v) is 9.23. The van der Waals surface area contributed by atoms with E-state index in [1.54, 1.807) is 7.05 Å². The van der Waals surface area contributed by atoms with Gasteiger partial charge in [-0.15, -0.1) is 0 Å². The fourth-order valence-electron chi connectivity index (χ4n) is 4.20. The SMILES string of the molecule is CNC1=C(C#N)C(c2ccccc2)C2=C(CC(c3ccccc3)CC2O)O1. The second-order valence-corrected chi connectivity index (χ2v) is 6.99.